The Bertz CT molecular complexity index is 241. The molecule has 1 heterocycles. The molecule has 82 valence electrons. The smallest absolute Gasteiger partial charge is 0.267 e. The summed E-state index contributed by atoms with van der Waals surface area (Å²) < 4.78 is 26.7. The molecule has 14 heavy (non-hydrogen) atoms. The van der Waals surface area contributed by atoms with Crippen molar-refractivity contribution < 1.29 is 13.6 Å². The minimum absolute atomic E-state index is 0.352. The van der Waals surface area contributed by atoms with E-state index in [1.165, 1.54) is 13.8 Å². The summed E-state index contributed by atoms with van der Waals surface area (Å²) in [6, 6.07) is -0.808. The van der Waals surface area contributed by atoms with Gasteiger partial charge in [-0.2, -0.15) is 0 Å². The molecule has 0 aromatic heterocycles. The molecule has 0 saturated carbocycles. The minimum Gasteiger partial charge on any atom is -0.355 e. The first-order chi connectivity index (χ1) is 6.33. The van der Waals surface area contributed by atoms with E-state index in [2.05, 4.69) is 10.6 Å². The Labute approximate surface area is 82.2 Å². The molecule has 1 atom stereocenters. The normalized spacial score (nSPS) is 28.8. The van der Waals surface area contributed by atoms with Crippen molar-refractivity contribution in [2.75, 3.05) is 13.1 Å². The molecule has 3 nitrogen and oxygen atoms in total. The van der Waals surface area contributed by atoms with Gasteiger partial charge in [0.15, 0.2) is 0 Å². The number of hydrogen-bond donors (Lipinski definition) is 2. The number of hydrogen-bond acceptors (Lipinski definition) is 2. The van der Waals surface area contributed by atoms with Crippen molar-refractivity contribution in [2.45, 2.75) is 32.7 Å². The van der Waals surface area contributed by atoms with Crippen LogP contribution in [0.3, 0.4) is 0 Å². The van der Waals surface area contributed by atoms with Gasteiger partial charge in [-0.15, -0.1) is 0 Å². The molecule has 5 heteroatoms. The molecule has 1 aliphatic rings. The first-order valence-corrected chi connectivity index (χ1v) is 4.72. The van der Waals surface area contributed by atoms with Gasteiger partial charge in [-0.25, -0.2) is 8.78 Å². The van der Waals surface area contributed by atoms with E-state index in [0.29, 0.717) is 6.54 Å². The van der Waals surface area contributed by atoms with E-state index in [4.69, 9.17) is 0 Å². The Kier molecular flexibility index (Phi) is 2.81. The largest absolute Gasteiger partial charge is 0.355 e. The van der Waals surface area contributed by atoms with Crippen LogP contribution in [0.5, 0.6) is 0 Å². The fourth-order valence-electron chi connectivity index (χ4n) is 1.62. The second-order valence-electron chi connectivity index (χ2n) is 4.13. The summed E-state index contributed by atoms with van der Waals surface area (Å²) in [5, 5.41) is 5.11. The van der Waals surface area contributed by atoms with Gasteiger partial charge < -0.3 is 5.32 Å². The Balaban J connectivity index is 2.79. The highest BCUT2D eigenvalue weighted by molar-refractivity contribution is 5.83. The van der Waals surface area contributed by atoms with Crippen LogP contribution in [-0.2, 0) is 4.79 Å². The summed E-state index contributed by atoms with van der Waals surface area (Å²) in [5.41, 5.74) is -1.33. The van der Waals surface area contributed by atoms with Gasteiger partial charge in [0.1, 0.15) is 0 Å². The second-order valence-corrected chi connectivity index (χ2v) is 4.13. The molecule has 0 unspecified atom stereocenters. The summed E-state index contributed by atoms with van der Waals surface area (Å²) >= 11 is 0. The lowest BCUT2D eigenvalue weighted by molar-refractivity contribution is -0.130. The zero-order valence-electron chi connectivity index (χ0n) is 8.66. The third-order valence-electron chi connectivity index (χ3n) is 2.81. The van der Waals surface area contributed by atoms with Crippen LogP contribution in [0, 0.1) is 5.41 Å². The Morgan fingerprint density at radius 3 is 2.50 bits per heavy atom. The lowest BCUT2D eigenvalue weighted by Crippen LogP contribution is -2.49. The second kappa shape index (κ2) is 3.46. The van der Waals surface area contributed by atoms with Crippen LogP contribution in [0.15, 0.2) is 0 Å². The molecule has 0 aromatic rings. The van der Waals surface area contributed by atoms with E-state index >= 15 is 0 Å². The first kappa shape index (κ1) is 11.4. The lowest BCUT2D eigenvalue weighted by Gasteiger charge is -2.30. The van der Waals surface area contributed by atoms with Crippen molar-refractivity contribution in [1.82, 2.24) is 10.6 Å². The molecule has 0 radical (unpaired) electrons. The molecule has 1 rings (SSSR count). The molecule has 0 aromatic carbocycles. The summed E-state index contributed by atoms with van der Waals surface area (Å²) in [6.07, 6.45) is 0. The first-order valence-electron chi connectivity index (χ1n) is 4.72. The van der Waals surface area contributed by atoms with E-state index in [-0.39, 0.29) is 5.91 Å². The quantitative estimate of drug-likeness (QED) is 0.700. The molecule has 1 saturated heterocycles. The minimum atomic E-state index is -2.83. The van der Waals surface area contributed by atoms with Gasteiger partial charge in [-0.1, -0.05) is 13.8 Å². The SMILES string of the molecule is CCNC(=O)[C@H]1NCC(F)(F)C1(C)C. The van der Waals surface area contributed by atoms with Crippen LogP contribution in [0.2, 0.25) is 0 Å². The van der Waals surface area contributed by atoms with Crippen molar-refractivity contribution in [1.29, 1.82) is 0 Å². The molecule has 1 fully saturated rings. The van der Waals surface area contributed by atoms with Crippen molar-refractivity contribution in [2.24, 2.45) is 5.41 Å². The predicted molar refractivity (Wildman–Crippen MR) is 49.2 cm³/mol. The third kappa shape index (κ3) is 1.61. The van der Waals surface area contributed by atoms with Gasteiger partial charge in [-0.3, -0.25) is 10.1 Å². The van der Waals surface area contributed by atoms with Crippen LogP contribution in [0.25, 0.3) is 0 Å². The zero-order valence-corrected chi connectivity index (χ0v) is 8.66. The molecule has 0 bridgehead atoms. The number of alkyl halides is 2. The summed E-state index contributed by atoms with van der Waals surface area (Å²) in [4.78, 5) is 11.4. The number of rotatable bonds is 2. The molecule has 0 aliphatic carbocycles. The maximum Gasteiger partial charge on any atom is 0.267 e. The molecule has 2 N–H and O–H groups in total. The van der Waals surface area contributed by atoms with Gasteiger partial charge in [0.2, 0.25) is 5.91 Å². The predicted octanol–water partition coefficient (Wildman–Crippen LogP) is 0.756. The maximum absolute atomic E-state index is 13.3. The highest BCUT2D eigenvalue weighted by atomic mass is 19.3. The van der Waals surface area contributed by atoms with Crippen LogP contribution < -0.4 is 10.6 Å². The summed E-state index contributed by atoms with van der Waals surface area (Å²) in [6.45, 7) is 4.61. The van der Waals surface area contributed by atoms with Gasteiger partial charge in [-0.05, 0) is 6.92 Å². The Morgan fingerprint density at radius 1 is 1.57 bits per heavy atom. The van der Waals surface area contributed by atoms with Crippen LogP contribution in [0.4, 0.5) is 8.78 Å². The number of carbonyl (C=O) groups is 1. The molecular weight excluding hydrogens is 190 g/mol. The average Bonchev–Trinajstić information content (AvgIpc) is 2.23. The maximum atomic E-state index is 13.3. The van der Waals surface area contributed by atoms with E-state index in [1.807, 2.05) is 0 Å². The highest BCUT2D eigenvalue weighted by Crippen LogP contribution is 2.43. The van der Waals surface area contributed by atoms with Gasteiger partial charge in [0, 0.05) is 6.54 Å². The average molecular weight is 206 g/mol. The van der Waals surface area contributed by atoms with E-state index in [9.17, 15) is 13.6 Å². The monoisotopic (exact) mass is 206 g/mol. The highest BCUT2D eigenvalue weighted by Gasteiger charge is 2.58. The fourth-order valence-corrected chi connectivity index (χ4v) is 1.62. The topological polar surface area (TPSA) is 41.1 Å². The molecule has 0 spiro atoms. The van der Waals surface area contributed by atoms with Gasteiger partial charge >= 0.3 is 0 Å². The number of amides is 1. The van der Waals surface area contributed by atoms with Gasteiger partial charge in [0.05, 0.1) is 18.0 Å². The van der Waals surface area contributed by atoms with Crippen molar-refractivity contribution in [3.05, 3.63) is 0 Å². The van der Waals surface area contributed by atoms with Gasteiger partial charge in [0.25, 0.3) is 5.92 Å². The number of halogens is 2. The molecule has 1 amide bonds. The summed E-state index contributed by atoms with van der Waals surface area (Å²) in [7, 11) is 0. The zero-order chi connectivity index (χ0) is 11.0. The standard InChI is InChI=1S/C9H16F2N2O/c1-4-12-7(14)6-8(2,3)9(10,11)5-13-6/h6,13H,4-5H2,1-3H3,(H,12,14)/t6-/m1/s1. The third-order valence-corrected chi connectivity index (χ3v) is 2.81. The van der Waals surface area contributed by atoms with Crippen molar-refractivity contribution in [3.8, 4) is 0 Å². The van der Waals surface area contributed by atoms with Crippen LogP contribution >= 0.6 is 0 Å². The van der Waals surface area contributed by atoms with Crippen molar-refractivity contribution in [3.63, 3.8) is 0 Å². The van der Waals surface area contributed by atoms with Crippen LogP contribution in [-0.4, -0.2) is 31.0 Å². The fraction of sp³-hybridized carbons (Fsp3) is 0.889. The Morgan fingerprint density at radius 2 is 2.14 bits per heavy atom. The van der Waals surface area contributed by atoms with E-state index in [1.54, 1.807) is 6.92 Å². The van der Waals surface area contributed by atoms with Crippen LogP contribution in [0.1, 0.15) is 20.8 Å². The van der Waals surface area contributed by atoms with E-state index in [0.717, 1.165) is 0 Å². The number of nitrogens with one attached hydrogen (secondary N) is 2. The Hall–Kier alpha value is -0.710. The number of carbonyl (C=O) groups excluding carboxylic acids is 1. The lowest BCUT2D eigenvalue weighted by atomic mass is 9.81. The summed E-state index contributed by atoms with van der Waals surface area (Å²) in [5.74, 6) is -3.18. The number of likely N-dealkylation sites (N-methyl/N-ethyl adjacent to an activating group) is 1. The molecular formula is C9H16F2N2O. The van der Waals surface area contributed by atoms with E-state index < -0.39 is 23.9 Å². The van der Waals surface area contributed by atoms with Crippen molar-refractivity contribution >= 4 is 5.91 Å². The molecule has 1 aliphatic heterocycles.